The van der Waals surface area contributed by atoms with Crippen molar-refractivity contribution in [3.05, 3.63) is 65.2 Å². The van der Waals surface area contributed by atoms with E-state index in [0.717, 1.165) is 18.8 Å². The molecule has 0 aliphatic heterocycles. The molecule has 0 saturated carbocycles. The molecule has 2 aromatic carbocycles. The standard InChI is InChI=1S/C17H19N3/c1-20(2)13-16-4-3-5-17(10-16)19-12-15-8-6-14(11-18)7-9-15/h3-10,19H,12-13H2,1-2H3. The van der Waals surface area contributed by atoms with E-state index in [1.165, 1.54) is 11.1 Å². The van der Waals surface area contributed by atoms with Crippen LogP contribution in [0.25, 0.3) is 0 Å². The van der Waals surface area contributed by atoms with Crippen molar-refractivity contribution < 1.29 is 0 Å². The molecule has 102 valence electrons. The van der Waals surface area contributed by atoms with Gasteiger partial charge >= 0.3 is 0 Å². The van der Waals surface area contributed by atoms with E-state index in [1.54, 1.807) is 0 Å². The second-order valence-electron chi connectivity index (χ2n) is 5.10. The lowest BCUT2D eigenvalue weighted by atomic mass is 10.1. The van der Waals surface area contributed by atoms with Crippen LogP contribution in [0.1, 0.15) is 16.7 Å². The van der Waals surface area contributed by atoms with Crippen LogP contribution in [-0.4, -0.2) is 19.0 Å². The minimum absolute atomic E-state index is 0.696. The summed E-state index contributed by atoms with van der Waals surface area (Å²) in [6.07, 6.45) is 0. The highest BCUT2D eigenvalue weighted by Crippen LogP contribution is 2.13. The van der Waals surface area contributed by atoms with Crippen molar-refractivity contribution in [1.29, 1.82) is 5.26 Å². The number of nitrogens with one attached hydrogen (secondary N) is 1. The molecule has 0 fully saturated rings. The van der Waals surface area contributed by atoms with E-state index < -0.39 is 0 Å². The van der Waals surface area contributed by atoms with Gasteiger partial charge in [0.05, 0.1) is 11.6 Å². The second-order valence-corrected chi connectivity index (χ2v) is 5.10. The average molecular weight is 265 g/mol. The molecular weight excluding hydrogens is 246 g/mol. The van der Waals surface area contributed by atoms with E-state index in [0.29, 0.717) is 5.56 Å². The van der Waals surface area contributed by atoms with Crippen LogP contribution in [0, 0.1) is 11.3 Å². The Labute approximate surface area is 120 Å². The van der Waals surface area contributed by atoms with E-state index in [-0.39, 0.29) is 0 Å². The van der Waals surface area contributed by atoms with E-state index in [2.05, 4.69) is 54.6 Å². The summed E-state index contributed by atoms with van der Waals surface area (Å²) >= 11 is 0. The minimum atomic E-state index is 0.696. The lowest BCUT2D eigenvalue weighted by molar-refractivity contribution is 0.402. The Morgan fingerprint density at radius 1 is 1.05 bits per heavy atom. The predicted octanol–water partition coefficient (Wildman–Crippen LogP) is 3.23. The van der Waals surface area contributed by atoms with Crippen molar-refractivity contribution in [2.45, 2.75) is 13.1 Å². The highest BCUT2D eigenvalue weighted by atomic mass is 15.0. The zero-order chi connectivity index (χ0) is 14.4. The number of nitriles is 1. The lowest BCUT2D eigenvalue weighted by Gasteiger charge is -2.12. The first-order chi connectivity index (χ1) is 9.67. The quantitative estimate of drug-likeness (QED) is 0.902. The molecular formula is C17H19N3. The van der Waals surface area contributed by atoms with Gasteiger partial charge in [0.15, 0.2) is 0 Å². The Bertz CT molecular complexity index is 594. The zero-order valence-electron chi connectivity index (χ0n) is 11.9. The summed E-state index contributed by atoms with van der Waals surface area (Å²) in [6, 6.07) is 18.2. The Morgan fingerprint density at radius 2 is 1.80 bits per heavy atom. The SMILES string of the molecule is CN(C)Cc1cccc(NCc2ccc(C#N)cc2)c1. The van der Waals surface area contributed by atoms with Gasteiger partial charge in [-0.25, -0.2) is 0 Å². The average Bonchev–Trinajstić information content (AvgIpc) is 2.45. The third kappa shape index (κ3) is 4.11. The lowest BCUT2D eigenvalue weighted by Crippen LogP contribution is -2.10. The molecule has 0 aromatic heterocycles. The van der Waals surface area contributed by atoms with Crippen LogP contribution in [0.4, 0.5) is 5.69 Å². The predicted molar refractivity (Wildman–Crippen MR) is 82.3 cm³/mol. The van der Waals surface area contributed by atoms with Crippen LogP contribution in [0.2, 0.25) is 0 Å². The maximum atomic E-state index is 8.77. The van der Waals surface area contributed by atoms with E-state index in [4.69, 9.17) is 5.26 Å². The number of benzene rings is 2. The third-order valence-electron chi connectivity index (χ3n) is 3.01. The Balaban J connectivity index is 1.97. The molecule has 0 aliphatic rings. The van der Waals surface area contributed by atoms with Gasteiger partial charge in [0.1, 0.15) is 0 Å². The second kappa shape index (κ2) is 6.74. The first-order valence-electron chi connectivity index (χ1n) is 6.64. The van der Waals surface area contributed by atoms with Gasteiger partial charge in [-0.3, -0.25) is 0 Å². The van der Waals surface area contributed by atoms with Crippen LogP contribution < -0.4 is 5.32 Å². The number of hydrogen-bond acceptors (Lipinski definition) is 3. The molecule has 20 heavy (non-hydrogen) atoms. The van der Waals surface area contributed by atoms with Crippen LogP contribution in [0.3, 0.4) is 0 Å². The van der Waals surface area contributed by atoms with Gasteiger partial charge in [0, 0.05) is 18.8 Å². The van der Waals surface area contributed by atoms with Gasteiger partial charge in [-0.1, -0.05) is 24.3 Å². The van der Waals surface area contributed by atoms with Gasteiger partial charge in [0.25, 0.3) is 0 Å². The molecule has 3 heteroatoms. The van der Waals surface area contributed by atoms with Gasteiger partial charge in [0.2, 0.25) is 0 Å². The summed E-state index contributed by atoms with van der Waals surface area (Å²) in [4.78, 5) is 2.15. The van der Waals surface area contributed by atoms with Gasteiger partial charge in [-0.05, 0) is 49.5 Å². The van der Waals surface area contributed by atoms with Crippen molar-refractivity contribution in [3.63, 3.8) is 0 Å². The molecule has 1 N–H and O–H groups in total. The largest absolute Gasteiger partial charge is 0.381 e. The summed E-state index contributed by atoms with van der Waals surface area (Å²) in [5.74, 6) is 0. The topological polar surface area (TPSA) is 39.1 Å². The number of rotatable bonds is 5. The Hall–Kier alpha value is -2.31. The zero-order valence-corrected chi connectivity index (χ0v) is 11.9. The van der Waals surface area contributed by atoms with Crippen LogP contribution in [0.15, 0.2) is 48.5 Å². The highest BCUT2D eigenvalue weighted by molar-refractivity contribution is 5.46. The van der Waals surface area contributed by atoms with Crippen LogP contribution in [0.5, 0.6) is 0 Å². The minimum Gasteiger partial charge on any atom is -0.381 e. The Kier molecular flexibility index (Phi) is 4.75. The van der Waals surface area contributed by atoms with Crippen molar-refractivity contribution in [2.75, 3.05) is 19.4 Å². The molecule has 0 heterocycles. The molecule has 0 saturated heterocycles. The van der Waals surface area contributed by atoms with E-state index >= 15 is 0 Å². The van der Waals surface area contributed by atoms with Crippen molar-refractivity contribution >= 4 is 5.69 Å². The molecule has 0 bridgehead atoms. The summed E-state index contributed by atoms with van der Waals surface area (Å²) in [5.41, 5.74) is 4.28. The van der Waals surface area contributed by atoms with E-state index in [1.807, 2.05) is 24.3 Å². The normalized spacial score (nSPS) is 10.3. The van der Waals surface area contributed by atoms with Crippen molar-refractivity contribution in [1.82, 2.24) is 4.90 Å². The summed E-state index contributed by atoms with van der Waals surface area (Å²) in [6.45, 7) is 1.70. The Morgan fingerprint density at radius 3 is 2.45 bits per heavy atom. The summed E-state index contributed by atoms with van der Waals surface area (Å²) < 4.78 is 0. The number of anilines is 1. The van der Waals surface area contributed by atoms with Crippen LogP contribution >= 0.6 is 0 Å². The molecule has 0 amide bonds. The van der Waals surface area contributed by atoms with Crippen molar-refractivity contribution in [3.8, 4) is 6.07 Å². The highest BCUT2D eigenvalue weighted by Gasteiger charge is 1.98. The fourth-order valence-electron chi connectivity index (χ4n) is 2.05. The first kappa shape index (κ1) is 14.1. The van der Waals surface area contributed by atoms with Gasteiger partial charge < -0.3 is 10.2 Å². The van der Waals surface area contributed by atoms with Gasteiger partial charge in [-0.15, -0.1) is 0 Å². The molecule has 0 spiro atoms. The van der Waals surface area contributed by atoms with Crippen LogP contribution in [-0.2, 0) is 13.1 Å². The first-order valence-corrected chi connectivity index (χ1v) is 6.64. The van der Waals surface area contributed by atoms with Crippen molar-refractivity contribution in [2.24, 2.45) is 0 Å². The third-order valence-corrected chi connectivity index (χ3v) is 3.01. The fourth-order valence-corrected chi connectivity index (χ4v) is 2.05. The molecule has 2 aromatic rings. The monoisotopic (exact) mass is 265 g/mol. The molecule has 0 atom stereocenters. The molecule has 3 nitrogen and oxygen atoms in total. The maximum absolute atomic E-state index is 8.77. The molecule has 0 aliphatic carbocycles. The fraction of sp³-hybridized carbons (Fsp3) is 0.235. The maximum Gasteiger partial charge on any atom is 0.0991 e. The molecule has 0 unspecified atom stereocenters. The molecule has 0 radical (unpaired) electrons. The van der Waals surface area contributed by atoms with Gasteiger partial charge in [-0.2, -0.15) is 5.26 Å². The summed E-state index contributed by atoms with van der Waals surface area (Å²) in [7, 11) is 4.13. The number of nitrogens with zero attached hydrogens (tertiary/aromatic N) is 2. The summed E-state index contributed by atoms with van der Waals surface area (Å²) in [5, 5.41) is 12.2. The molecule has 2 rings (SSSR count). The smallest absolute Gasteiger partial charge is 0.0991 e. The number of hydrogen-bond donors (Lipinski definition) is 1. The van der Waals surface area contributed by atoms with E-state index in [9.17, 15) is 0 Å².